The Labute approximate surface area is 302 Å². The third kappa shape index (κ3) is 7.65. The van der Waals surface area contributed by atoms with Crippen LogP contribution in [0.1, 0.15) is 26.0 Å². The van der Waals surface area contributed by atoms with Crippen molar-refractivity contribution in [2.45, 2.75) is 37.5 Å². The van der Waals surface area contributed by atoms with Gasteiger partial charge in [-0.25, -0.2) is 14.8 Å². The lowest BCUT2D eigenvalue weighted by Crippen LogP contribution is -2.74. The Morgan fingerprint density at radius 3 is 2.46 bits per heavy atom. The van der Waals surface area contributed by atoms with Crippen molar-refractivity contribution in [1.82, 2.24) is 25.2 Å². The Balaban J connectivity index is 1.10. The van der Waals surface area contributed by atoms with Crippen LogP contribution in [0.5, 0.6) is 5.75 Å². The molecule has 6 rings (SSSR count). The van der Waals surface area contributed by atoms with Crippen molar-refractivity contribution >= 4 is 67.0 Å². The van der Waals surface area contributed by atoms with E-state index in [1.54, 1.807) is 18.2 Å². The minimum Gasteiger partial charge on any atom is -0.489 e. The van der Waals surface area contributed by atoms with E-state index in [-0.39, 0.29) is 16.4 Å². The molecular weight excluding hydrogens is 723 g/mol. The monoisotopic (exact) mass is 761 g/mol. The van der Waals surface area contributed by atoms with Crippen molar-refractivity contribution in [3.8, 4) is 5.75 Å². The van der Waals surface area contributed by atoms with E-state index in [4.69, 9.17) is 30.6 Å². The SMILES string of the molecule is CC1(C)[C@H](CC(=O)/C(=N\O[C@@H](COc2ccc3nc(N4CCN(C5(CN)CNC5)CC4)ccc3c2)C(=O)O)c2csc(N)n2)C(=O)N1OS(=O)(=O)O. The molecule has 3 saturated heterocycles. The number of nitrogens with two attached hydrogens (primary N) is 2. The highest BCUT2D eigenvalue weighted by Crippen LogP contribution is 2.40. The van der Waals surface area contributed by atoms with Crippen molar-refractivity contribution in [1.29, 1.82) is 0 Å². The van der Waals surface area contributed by atoms with E-state index < -0.39 is 64.4 Å². The van der Waals surface area contributed by atoms with Crippen molar-refractivity contribution in [2.75, 3.05) is 63.1 Å². The van der Waals surface area contributed by atoms with Crippen LogP contribution in [0.4, 0.5) is 10.9 Å². The molecule has 19 nitrogen and oxygen atoms in total. The van der Waals surface area contributed by atoms with Gasteiger partial charge in [-0.2, -0.15) is 13.5 Å². The minimum absolute atomic E-state index is 0.0217. The lowest BCUT2D eigenvalue weighted by molar-refractivity contribution is -0.228. The van der Waals surface area contributed by atoms with Gasteiger partial charge < -0.3 is 36.4 Å². The maximum Gasteiger partial charge on any atom is 0.418 e. The van der Waals surface area contributed by atoms with Crippen LogP contribution < -0.4 is 26.4 Å². The number of oxime groups is 1. The Hall–Kier alpha value is -4.51. The number of ether oxygens (including phenoxy) is 1. The van der Waals surface area contributed by atoms with Crippen LogP contribution in [-0.4, -0.2) is 131 Å². The first-order valence-electron chi connectivity index (χ1n) is 16.3. The van der Waals surface area contributed by atoms with Crippen molar-refractivity contribution in [3.63, 3.8) is 0 Å². The summed E-state index contributed by atoms with van der Waals surface area (Å²) in [5.41, 5.74) is 10.8. The highest BCUT2D eigenvalue weighted by molar-refractivity contribution is 7.80. The number of carbonyl (C=O) groups excluding carboxylic acids is 2. The zero-order valence-electron chi connectivity index (χ0n) is 28.3. The molecule has 2 atom stereocenters. The quantitative estimate of drug-likeness (QED) is 0.0585. The number of piperazine rings is 1. The number of pyridine rings is 1. The zero-order valence-corrected chi connectivity index (χ0v) is 29.9. The van der Waals surface area contributed by atoms with E-state index in [9.17, 15) is 27.9 Å². The van der Waals surface area contributed by atoms with Gasteiger partial charge in [-0.15, -0.1) is 15.6 Å². The first-order chi connectivity index (χ1) is 24.6. The summed E-state index contributed by atoms with van der Waals surface area (Å²) < 4.78 is 41.4. The molecule has 0 spiro atoms. The van der Waals surface area contributed by atoms with Gasteiger partial charge in [0, 0.05) is 63.0 Å². The van der Waals surface area contributed by atoms with Crippen LogP contribution in [-0.2, 0) is 33.9 Å². The van der Waals surface area contributed by atoms with Crippen LogP contribution in [0, 0.1) is 5.92 Å². The number of nitrogens with zero attached hydrogens (tertiary/aromatic N) is 6. The summed E-state index contributed by atoms with van der Waals surface area (Å²) in [7, 11) is -5.00. The molecule has 0 saturated carbocycles. The number of anilines is 2. The van der Waals surface area contributed by atoms with E-state index in [0.29, 0.717) is 17.4 Å². The number of amides is 1. The average Bonchev–Trinajstić information content (AvgIpc) is 3.52. The van der Waals surface area contributed by atoms with E-state index in [2.05, 4.69) is 29.5 Å². The van der Waals surface area contributed by atoms with Gasteiger partial charge in [0.15, 0.2) is 16.6 Å². The number of hydrogen-bond donors (Lipinski definition) is 5. The smallest absolute Gasteiger partial charge is 0.418 e. The molecule has 1 aromatic carbocycles. The number of β-lactam (4-membered cyclic amide) rings is 1. The number of carboxylic acid groups (broad SMARTS) is 1. The first kappa shape index (κ1) is 37.3. The molecule has 5 heterocycles. The van der Waals surface area contributed by atoms with Crippen LogP contribution in [0.2, 0.25) is 0 Å². The predicted octanol–water partition coefficient (Wildman–Crippen LogP) is -0.120. The topological polar surface area (TPSA) is 265 Å². The summed E-state index contributed by atoms with van der Waals surface area (Å²) in [5.74, 6) is -2.96. The lowest BCUT2D eigenvalue weighted by Gasteiger charge is -2.52. The fraction of sp³-hybridized carbons (Fsp3) is 0.484. The number of carboxylic acids is 1. The van der Waals surface area contributed by atoms with Crippen molar-refractivity contribution in [2.24, 2.45) is 16.8 Å². The molecule has 52 heavy (non-hydrogen) atoms. The molecule has 0 radical (unpaired) electrons. The number of carbonyl (C=O) groups is 3. The third-order valence-corrected chi connectivity index (χ3v) is 10.6. The second kappa shape index (κ2) is 14.5. The molecule has 1 amide bonds. The standard InChI is InChI=1S/C31H39N9O10S2/c1-30(2)20(27(42)40(30)50-52(45,46)47)12-23(41)26(22-14-51-29(33)36-22)37-49-24(28(43)44)13-48-19-4-5-21-18(11-19)3-6-25(35-21)38-7-9-39(10-8-38)31(15-32)16-34-17-31/h3-6,11,14,20,24,34H,7-10,12-13,15-17,32H2,1-2H3,(H2,33,36)(H,43,44)(H,45,46,47)/b37-26-/t20-,24+/m1/s1. The van der Waals surface area contributed by atoms with Gasteiger partial charge in [0.2, 0.25) is 0 Å². The summed E-state index contributed by atoms with van der Waals surface area (Å²) in [6.45, 7) is 8.23. The van der Waals surface area contributed by atoms with E-state index >= 15 is 0 Å². The molecule has 3 fully saturated rings. The van der Waals surface area contributed by atoms with Gasteiger partial charge >= 0.3 is 16.4 Å². The molecule has 0 unspecified atom stereocenters. The summed E-state index contributed by atoms with van der Waals surface area (Å²) in [6.07, 6.45) is -2.16. The van der Waals surface area contributed by atoms with E-state index in [1.165, 1.54) is 19.2 Å². The van der Waals surface area contributed by atoms with Crippen LogP contribution >= 0.6 is 11.3 Å². The molecular formula is C31H39N9O10S2. The Bertz CT molecular complexity index is 1990. The Morgan fingerprint density at radius 1 is 1.15 bits per heavy atom. The third-order valence-electron chi connectivity index (χ3n) is 9.62. The molecule has 2 aromatic heterocycles. The number of hydrogen-bond acceptors (Lipinski definition) is 17. The minimum atomic E-state index is -5.00. The van der Waals surface area contributed by atoms with Crippen molar-refractivity contribution in [3.05, 3.63) is 41.4 Å². The molecule has 280 valence electrons. The highest BCUT2D eigenvalue weighted by Gasteiger charge is 2.57. The van der Waals surface area contributed by atoms with Crippen LogP contribution in [0.25, 0.3) is 10.9 Å². The number of ketones is 1. The number of aliphatic carboxylic acids is 1. The maximum atomic E-state index is 13.4. The van der Waals surface area contributed by atoms with Gasteiger partial charge in [-0.3, -0.25) is 19.0 Å². The van der Waals surface area contributed by atoms with Gasteiger partial charge in [0.25, 0.3) is 12.0 Å². The summed E-state index contributed by atoms with van der Waals surface area (Å²) in [5, 5.41) is 19.7. The second-order valence-electron chi connectivity index (χ2n) is 13.3. The molecule has 7 N–H and O–H groups in total. The highest BCUT2D eigenvalue weighted by atomic mass is 32.3. The Kier molecular flexibility index (Phi) is 10.4. The van der Waals surface area contributed by atoms with Crippen LogP contribution in [0.15, 0.2) is 40.9 Å². The van der Waals surface area contributed by atoms with E-state index in [1.807, 2.05) is 12.1 Å². The molecule has 21 heteroatoms. The molecule has 3 aromatic rings. The van der Waals surface area contributed by atoms with Crippen LogP contribution in [0.3, 0.4) is 0 Å². The number of benzene rings is 1. The number of aromatic nitrogens is 2. The fourth-order valence-electron chi connectivity index (χ4n) is 6.40. The van der Waals surface area contributed by atoms with Gasteiger partial charge in [0.05, 0.1) is 22.5 Å². The van der Waals surface area contributed by atoms with Gasteiger partial charge in [0.1, 0.15) is 23.9 Å². The number of nitrogen functional groups attached to an aromatic ring is 1. The molecule has 0 aliphatic carbocycles. The van der Waals surface area contributed by atoms with Gasteiger partial charge in [-0.1, -0.05) is 5.16 Å². The molecule has 0 bridgehead atoms. The van der Waals surface area contributed by atoms with Crippen molar-refractivity contribution < 1.29 is 46.3 Å². The number of fused-ring (bicyclic) bond motifs is 1. The summed E-state index contributed by atoms with van der Waals surface area (Å²) in [6, 6.07) is 9.01. The number of nitrogens with one attached hydrogen (secondary N) is 1. The second-order valence-corrected chi connectivity index (χ2v) is 15.1. The maximum absolute atomic E-state index is 13.4. The fourth-order valence-corrected chi connectivity index (χ4v) is 7.40. The van der Waals surface area contributed by atoms with Gasteiger partial charge in [-0.05, 0) is 44.2 Å². The lowest BCUT2D eigenvalue weighted by atomic mass is 9.74. The number of rotatable bonds is 15. The van der Waals surface area contributed by atoms with E-state index in [0.717, 1.165) is 67.3 Å². The summed E-state index contributed by atoms with van der Waals surface area (Å²) in [4.78, 5) is 57.0. The Morgan fingerprint density at radius 2 is 1.88 bits per heavy atom. The normalized spacial score (nSPS) is 21.0. The number of thiazole rings is 1. The zero-order chi connectivity index (χ0) is 37.4. The predicted molar refractivity (Wildman–Crippen MR) is 188 cm³/mol. The largest absolute Gasteiger partial charge is 0.489 e. The molecule has 3 aliphatic rings. The molecule has 3 aliphatic heterocycles. The summed E-state index contributed by atoms with van der Waals surface area (Å²) >= 11 is 0.990. The number of Topliss-reactive ketones (excluding diaryl/α,β-unsaturated/α-hetero) is 1. The first-order valence-corrected chi connectivity index (χ1v) is 18.5. The average molecular weight is 762 g/mol. The number of hydroxylamine groups is 2.